The number of nitrogens with one attached hydrogen (secondary N) is 1. The van der Waals surface area contributed by atoms with Gasteiger partial charge in [-0.3, -0.25) is 9.78 Å². The topological polar surface area (TPSA) is 54.9 Å². The lowest BCUT2D eigenvalue weighted by atomic mass is 10.3. The van der Waals surface area contributed by atoms with Gasteiger partial charge < -0.3 is 0 Å². The van der Waals surface area contributed by atoms with E-state index in [2.05, 4.69) is 0 Å². The highest BCUT2D eigenvalue weighted by molar-refractivity contribution is 6.29. The van der Waals surface area contributed by atoms with Crippen LogP contribution < -0.4 is 11.2 Å². The number of aromatic nitrogens is 2. The highest BCUT2D eigenvalue weighted by atomic mass is 35.5. The number of benzene rings is 1. The zero-order chi connectivity index (χ0) is 13.4. The molecule has 94 valence electrons. The molecule has 1 heterocycles. The van der Waals surface area contributed by atoms with Crippen LogP contribution in [0.3, 0.4) is 0 Å². The fourth-order valence-corrected chi connectivity index (χ4v) is 1.51. The largest absolute Gasteiger partial charge is 0.334 e. The molecule has 0 saturated heterocycles. The molecule has 0 amide bonds. The van der Waals surface area contributed by atoms with Gasteiger partial charge in [-0.25, -0.2) is 18.1 Å². The Kier molecular flexibility index (Phi) is 3.00. The number of hydrogen-bond donors (Lipinski definition) is 1. The number of H-pyrrole nitrogens is 1. The maximum Gasteiger partial charge on any atom is 0.334 e. The van der Waals surface area contributed by atoms with Gasteiger partial charge in [-0.2, -0.15) is 4.39 Å². The Morgan fingerprint density at radius 2 is 1.78 bits per heavy atom. The van der Waals surface area contributed by atoms with E-state index in [0.717, 1.165) is 6.07 Å². The second-order valence-corrected chi connectivity index (χ2v) is 3.68. The van der Waals surface area contributed by atoms with Crippen LogP contribution in [0.25, 0.3) is 5.69 Å². The molecule has 0 aliphatic rings. The third-order valence-corrected chi connectivity index (χ3v) is 2.43. The molecule has 0 aliphatic carbocycles. The Hall–Kier alpha value is -2.02. The Morgan fingerprint density at radius 3 is 2.39 bits per heavy atom. The number of halogens is 4. The van der Waals surface area contributed by atoms with Gasteiger partial charge in [0.05, 0.1) is 5.69 Å². The fourth-order valence-electron chi connectivity index (χ4n) is 1.35. The van der Waals surface area contributed by atoms with Crippen LogP contribution in [0.15, 0.2) is 27.8 Å². The van der Waals surface area contributed by atoms with E-state index >= 15 is 0 Å². The minimum absolute atomic E-state index is 0.309. The molecule has 1 N–H and O–H groups in total. The summed E-state index contributed by atoms with van der Waals surface area (Å²) in [6.45, 7) is 0. The molecule has 0 radical (unpaired) electrons. The summed E-state index contributed by atoms with van der Waals surface area (Å²) in [5, 5.41) is -0.746. The smallest absolute Gasteiger partial charge is 0.295 e. The van der Waals surface area contributed by atoms with Crippen LogP contribution in [0.4, 0.5) is 13.2 Å². The summed E-state index contributed by atoms with van der Waals surface area (Å²) in [6, 6.07) is 2.27. The normalized spacial score (nSPS) is 10.7. The van der Waals surface area contributed by atoms with E-state index in [9.17, 15) is 22.8 Å². The lowest BCUT2D eigenvalue weighted by Crippen LogP contribution is -2.35. The molecule has 4 nitrogen and oxygen atoms in total. The average Bonchev–Trinajstić information content (AvgIpc) is 2.31. The first-order valence-corrected chi connectivity index (χ1v) is 4.95. The predicted octanol–water partition coefficient (Wildman–Crippen LogP) is 1.60. The summed E-state index contributed by atoms with van der Waals surface area (Å²) >= 11 is 5.26. The highest BCUT2D eigenvalue weighted by Gasteiger charge is 2.14. The van der Waals surface area contributed by atoms with Gasteiger partial charge in [-0.15, -0.1) is 0 Å². The quantitative estimate of drug-likeness (QED) is 0.804. The van der Waals surface area contributed by atoms with Crippen molar-refractivity contribution in [2.75, 3.05) is 0 Å². The molecule has 0 spiro atoms. The van der Waals surface area contributed by atoms with Crippen molar-refractivity contribution in [3.63, 3.8) is 0 Å². The fraction of sp³-hybridized carbons (Fsp3) is 0. The number of hydrogen-bond acceptors (Lipinski definition) is 2. The van der Waals surface area contributed by atoms with Gasteiger partial charge in [0, 0.05) is 6.07 Å². The van der Waals surface area contributed by atoms with E-state index in [1.165, 1.54) is 0 Å². The third-order valence-electron chi connectivity index (χ3n) is 2.16. The highest BCUT2D eigenvalue weighted by Crippen LogP contribution is 2.11. The molecule has 0 fully saturated rings. The molecular weight excluding hydrogens is 273 g/mol. The molecule has 18 heavy (non-hydrogen) atoms. The van der Waals surface area contributed by atoms with Gasteiger partial charge in [-0.05, 0) is 12.1 Å². The van der Waals surface area contributed by atoms with Gasteiger partial charge in [0.1, 0.15) is 0 Å². The van der Waals surface area contributed by atoms with Crippen LogP contribution in [-0.2, 0) is 0 Å². The summed E-state index contributed by atoms with van der Waals surface area (Å²) < 4.78 is 39.2. The van der Waals surface area contributed by atoms with Crippen molar-refractivity contribution in [3.05, 3.63) is 61.6 Å². The first-order valence-electron chi connectivity index (χ1n) is 4.57. The van der Waals surface area contributed by atoms with Gasteiger partial charge in [0.15, 0.2) is 16.8 Å². The van der Waals surface area contributed by atoms with E-state index in [1.54, 1.807) is 0 Å². The molecule has 0 aliphatic heterocycles. The molecule has 0 atom stereocenters. The Bertz CT molecular complexity index is 739. The van der Waals surface area contributed by atoms with E-state index in [1.807, 2.05) is 4.98 Å². The molecule has 1 aromatic heterocycles. The molecule has 8 heteroatoms. The average molecular weight is 277 g/mol. The Morgan fingerprint density at radius 1 is 1.11 bits per heavy atom. The van der Waals surface area contributed by atoms with E-state index < -0.39 is 33.9 Å². The Labute approximate surface area is 102 Å². The van der Waals surface area contributed by atoms with E-state index in [0.29, 0.717) is 16.7 Å². The van der Waals surface area contributed by atoms with Crippen LogP contribution >= 0.6 is 11.6 Å². The lowest BCUT2D eigenvalue weighted by Gasteiger charge is -2.05. The predicted molar refractivity (Wildman–Crippen MR) is 57.5 cm³/mol. The maximum atomic E-state index is 13.2. The number of aromatic amines is 1. The SMILES string of the molecule is O=c1[nH]c(Cl)c(F)c(=O)n1-c1ccc(F)c(F)c1. The standard InChI is InChI=1S/C10H4ClF3N2O2/c11-8-7(14)9(17)16(10(18)15-8)4-1-2-5(12)6(13)3-4/h1-3H,(H,15,18). The first-order chi connectivity index (χ1) is 8.41. The molecule has 1 aromatic carbocycles. The van der Waals surface area contributed by atoms with Crippen molar-refractivity contribution in [1.82, 2.24) is 9.55 Å². The second-order valence-electron chi connectivity index (χ2n) is 3.30. The minimum Gasteiger partial charge on any atom is -0.295 e. The van der Waals surface area contributed by atoms with Crippen molar-refractivity contribution in [3.8, 4) is 5.69 Å². The molecule has 0 bridgehead atoms. The Balaban J connectivity index is 2.80. The van der Waals surface area contributed by atoms with Crippen LogP contribution in [0.5, 0.6) is 0 Å². The minimum atomic E-state index is -1.39. The summed E-state index contributed by atoms with van der Waals surface area (Å²) in [7, 11) is 0. The summed E-state index contributed by atoms with van der Waals surface area (Å²) in [6.07, 6.45) is 0. The van der Waals surface area contributed by atoms with Gasteiger partial charge in [0.2, 0.25) is 5.82 Å². The molecule has 0 unspecified atom stereocenters. The van der Waals surface area contributed by atoms with Crippen LogP contribution in [0.1, 0.15) is 0 Å². The van der Waals surface area contributed by atoms with Crippen LogP contribution in [0.2, 0.25) is 5.15 Å². The van der Waals surface area contributed by atoms with Gasteiger partial charge in [-0.1, -0.05) is 11.6 Å². The second kappa shape index (κ2) is 4.34. The van der Waals surface area contributed by atoms with Crippen molar-refractivity contribution in [2.45, 2.75) is 0 Å². The molecule has 0 saturated carbocycles. The summed E-state index contributed by atoms with van der Waals surface area (Å²) in [5.74, 6) is -3.81. The summed E-state index contributed by atoms with van der Waals surface area (Å²) in [4.78, 5) is 24.8. The maximum absolute atomic E-state index is 13.2. The third kappa shape index (κ3) is 1.92. The van der Waals surface area contributed by atoms with Gasteiger partial charge >= 0.3 is 5.69 Å². The van der Waals surface area contributed by atoms with Crippen molar-refractivity contribution in [2.24, 2.45) is 0 Å². The molecule has 2 aromatic rings. The van der Waals surface area contributed by atoms with E-state index in [-0.39, 0.29) is 5.69 Å². The van der Waals surface area contributed by atoms with E-state index in [4.69, 9.17) is 11.6 Å². The zero-order valence-corrected chi connectivity index (χ0v) is 9.26. The van der Waals surface area contributed by atoms with Crippen molar-refractivity contribution >= 4 is 11.6 Å². The number of nitrogens with zero attached hydrogens (tertiary/aromatic N) is 1. The van der Waals surface area contributed by atoms with Crippen molar-refractivity contribution in [1.29, 1.82) is 0 Å². The zero-order valence-electron chi connectivity index (χ0n) is 8.51. The lowest BCUT2D eigenvalue weighted by molar-refractivity contribution is 0.507. The summed E-state index contributed by atoms with van der Waals surface area (Å²) in [5.41, 5.74) is -2.72. The molecule has 2 rings (SSSR count). The van der Waals surface area contributed by atoms with Gasteiger partial charge in [0.25, 0.3) is 5.56 Å². The first kappa shape index (κ1) is 12.4. The number of rotatable bonds is 1. The van der Waals surface area contributed by atoms with Crippen molar-refractivity contribution < 1.29 is 13.2 Å². The van der Waals surface area contributed by atoms with Crippen LogP contribution in [-0.4, -0.2) is 9.55 Å². The van der Waals surface area contributed by atoms with Crippen LogP contribution in [0, 0.1) is 17.5 Å². The monoisotopic (exact) mass is 276 g/mol. The molecular formula is C10H4ClF3N2O2.